The molecule has 0 saturated carbocycles. The van der Waals surface area contributed by atoms with Gasteiger partial charge in [-0.2, -0.15) is 21.6 Å². The molecule has 0 amide bonds. The van der Waals surface area contributed by atoms with E-state index in [4.69, 9.17) is 0 Å². The first-order valence-corrected chi connectivity index (χ1v) is 4.24. The number of hydrogen-bond donors (Lipinski definition) is 0. The number of nitrogens with zero attached hydrogens (tertiary/aromatic N) is 3. The molecule has 1 heterocycles. The molecule has 0 bridgehead atoms. The summed E-state index contributed by atoms with van der Waals surface area (Å²) in [5.74, 6) is -0.586. The van der Waals surface area contributed by atoms with Gasteiger partial charge < -0.3 is 0 Å². The first kappa shape index (κ1) is 9.84. The number of sulfonamides is 1. The van der Waals surface area contributed by atoms with Crippen LogP contribution in [0.2, 0.25) is 0 Å². The fraction of sp³-hybridized carbons (Fsp3) is 0.250. The summed E-state index contributed by atoms with van der Waals surface area (Å²) in [5.41, 5.74) is -5.40. The van der Waals surface area contributed by atoms with Gasteiger partial charge in [-0.15, -0.1) is 4.40 Å². The number of rotatable bonds is 1. The van der Waals surface area contributed by atoms with Gasteiger partial charge in [-0.3, -0.25) is 0 Å². The molecule has 0 aromatic carbocycles. The second-order valence-electron chi connectivity index (χ2n) is 1.89. The Hall–Kier alpha value is -1.25. The van der Waals surface area contributed by atoms with Crippen LogP contribution in [0.25, 0.3) is 0 Å². The highest BCUT2D eigenvalue weighted by Gasteiger charge is 2.46. The molecule has 1 aliphatic heterocycles. The molecule has 72 valence electrons. The van der Waals surface area contributed by atoms with Gasteiger partial charge in [0.15, 0.2) is 5.84 Å². The van der Waals surface area contributed by atoms with Gasteiger partial charge in [0.2, 0.25) is 0 Å². The van der Waals surface area contributed by atoms with Gasteiger partial charge in [0.1, 0.15) is 6.34 Å². The lowest BCUT2D eigenvalue weighted by molar-refractivity contribution is -0.0435. The Balaban J connectivity index is 3.04. The van der Waals surface area contributed by atoms with Crippen molar-refractivity contribution in [2.45, 2.75) is 5.51 Å². The molecule has 9 heteroatoms. The third-order valence-corrected chi connectivity index (χ3v) is 1.97. The average molecular weight is 213 g/mol. The quantitative estimate of drug-likeness (QED) is 0.630. The molecule has 0 N–H and O–H groups in total. The second kappa shape index (κ2) is 2.91. The van der Waals surface area contributed by atoms with Crippen molar-refractivity contribution >= 4 is 28.4 Å². The molecule has 0 aromatic rings. The summed E-state index contributed by atoms with van der Waals surface area (Å²) in [6.45, 7) is 0. The van der Waals surface area contributed by atoms with Crippen molar-refractivity contribution in [3.8, 4) is 0 Å². The van der Waals surface area contributed by atoms with E-state index < -0.39 is 21.4 Å². The first-order chi connectivity index (χ1) is 5.83. The van der Waals surface area contributed by atoms with Crippen molar-refractivity contribution in [2.24, 2.45) is 14.4 Å². The predicted molar refractivity (Wildman–Crippen MR) is 39.4 cm³/mol. The maximum Gasteiger partial charge on any atom is 0.518 e. The lowest BCUT2D eigenvalue weighted by Gasteiger charge is -2.01. The summed E-state index contributed by atoms with van der Waals surface area (Å²) >= 11 is 0. The molecular weight excluding hydrogens is 211 g/mol. The fourth-order valence-corrected chi connectivity index (χ4v) is 0.892. The first-order valence-electron chi connectivity index (χ1n) is 2.80. The Kier molecular flexibility index (Phi) is 2.20. The number of hydrogen-bond acceptors (Lipinski definition) is 3. The lowest BCUT2D eigenvalue weighted by Crippen LogP contribution is -2.21. The van der Waals surface area contributed by atoms with Crippen LogP contribution >= 0.6 is 0 Å². The van der Waals surface area contributed by atoms with Crippen LogP contribution in [0.3, 0.4) is 0 Å². The van der Waals surface area contributed by atoms with Gasteiger partial charge >= 0.3 is 15.5 Å². The van der Waals surface area contributed by atoms with Crippen LogP contribution in [0.1, 0.15) is 0 Å². The summed E-state index contributed by atoms with van der Waals surface area (Å²) in [5, 5.41) is 0. The molecule has 1 rings (SSSR count). The Bertz CT molecular complexity index is 377. The van der Waals surface area contributed by atoms with Crippen LogP contribution in [0.15, 0.2) is 14.4 Å². The van der Waals surface area contributed by atoms with Gasteiger partial charge in [-0.05, 0) is 0 Å². The molecule has 0 atom stereocenters. The molecular formula is C4H2F3N3O2S. The standard InChI is InChI=1S/C4H2F3N3O2S/c5-4(6,7)13(11,12)10-3-1-8-2-9-3/h1-2H. The topological polar surface area (TPSA) is 71.2 Å². The summed E-state index contributed by atoms with van der Waals surface area (Å²) in [7, 11) is -5.50. The minimum absolute atomic E-state index is 0.586. The van der Waals surface area contributed by atoms with E-state index in [-0.39, 0.29) is 0 Å². The smallest absolute Gasteiger partial charge is 0.241 e. The van der Waals surface area contributed by atoms with Crippen LogP contribution in [-0.2, 0) is 10.0 Å². The SMILES string of the molecule is O=S(=O)(N=C1C=NC=N1)C(F)(F)F. The van der Waals surface area contributed by atoms with Gasteiger partial charge in [-0.1, -0.05) is 0 Å². The Labute approximate surface area is 70.8 Å². The molecule has 0 aliphatic carbocycles. The van der Waals surface area contributed by atoms with E-state index in [0.29, 0.717) is 0 Å². The van der Waals surface area contributed by atoms with Crippen molar-refractivity contribution in [2.75, 3.05) is 0 Å². The Morgan fingerprint density at radius 1 is 1.38 bits per heavy atom. The monoisotopic (exact) mass is 213 g/mol. The zero-order chi connectivity index (χ0) is 10.1. The van der Waals surface area contributed by atoms with Gasteiger partial charge in [0.25, 0.3) is 0 Å². The molecule has 0 spiro atoms. The second-order valence-corrected chi connectivity index (χ2v) is 3.49. The van der Waals surface area contributed by atoms with Crippen molar-refractivity contribution < 1.29 is 21.6 Å². The fourth-order valence-electron chi connectivity index (χ4n) is 0.448. The zero-order valence-corrected chi connectivity index (χ0v) is 6.67. The summed E-state index contributed by atoms with van der Waals surface area (Å²) < 4.78 is 58.2. The molecule has 0 radical (unpaired) electrons. The summed E-state index contributed by atoms with van der Waals surface area (Å²) in [6, 6.07) is 0. The largest absolute Gasteiger partial charge is 0.518 e. The zero-order valence-electron chi connectivity index (χ0n) is 5.85. The van der Waals surface area contributed by atoms with Crippen molar-refractivity contribution in [3.05, 3.63) is 0 Å². The van der Waals surface area contributed by atoms with E-state index in [1.807, 2.05) is 0 Å². The van der Waals surface area contributed by atoms with Gasteiger partial charge in [-0.25, -0.2) is 9.98 Å². The highest BCUT2D eigenvalue weighted by Crippen LogP contribution is 2.24. The molecule has 13 heavy (non-hydrogen) atoms. The number of amidine groups is 1. The molecule has 0 aromatic heterocycles. The molecule has 0 saturated heterocycles. The highest BCUT2D eigenvalue weighted by molar-refractivity contribution is 7.91. The minimum atomic E-state index is -5.50. The third kappa shape index (κ3) is 2.11. The van der Waals surface area contributed by atoms with E-state index in [1.54, 1.807) is 0 Å². The molecule has 0 unspecified atom stereocenters. The lowest BCUT2D eigenvalue weighted by atomic mass is 10.7. The van der Waals surface area contributed by atoms with Crippen LogP contribution < -0.4 is 0 Å². The van der Waals surface area contributed by atoms with Crippen molar-refractivity contribution in [1.82, 2.24) is 0 Å². The Morgan fingerprint density at radius 2 is 2.00 bits per heavy atom. The van der Waals surface area contributed by atoms with E-state index in [9.17, 15) is 21.6 Å². The van der Waals surface area contributed by atoms with Crippen LogP contribution in [-0.4, -0.2) is 32.3 Å². The average Bonchev–Trinajstić information content (AvgIpc) is 2.35. The van der Waals surface area contributed by atoms with Gasteiger partial charge in [0.05, 0.1) is 6.21 Å². The van der Waals surface area contributed by atoms with Crippen LogP contribution in [0.4, 0.5) is 13.2 Å². The van der Waals surface area contributed by atoms with E-state index in [1.165, 1.54) is 0 Å². The maximum atomic E-state index is 11.7. The highest BCUT2D eigenvalue weighted by atomic mass is 32.2. The summed E-state index contributed by atoms with van der Waals surface area (Å²) in [6.07, 6.45) is 1.70. The van der Waals surface area contributed by atoms with Crippen molar-refractivity contribution in [1.29, 1.82) is 0 Å². The number of halogens is 3. The van der Waals surface area contributed by atoms with Crippen LogP contribution in [0.5, 0.6) is 0 Å². The molecule has 5 nitrogen and oxygen atoms in total. The molecule has 0 fully saturated rings. The number of aliphatic imine (C=N–C) groups is 2. The maximum absolute atomic E-state index is 11.7. The molecule has 1 aliphatic rings. The van der Waals surface area contributed by atoms with E-state index in [0.717, 1.165) is 12.6 Å². The summed E-state index contributed by atoms with van der Waals surface area (Å²) in [4.78, 5) is 6.41. The van der Waals surface area contributed by atoms with E-state index >= 15 is 0 Å². The minimum Gasteiger partial charge on any atom is -0.241 e. The normalized spacial score (nSPS) is 20.1. The Morgan fingerprint density at radius 3 is 2.38 bits per heavy atom. The van der Waals surface area contributed by atoms with Gasteiger partial charge in [0, 0.05) is 0 Å². The van der Waals surface area contributed by atoms with Crippen molar-refractivity contribution in [3.63, 3.8) is 0 Å². The van der Waals surface area contributed by atoms with Crippen LogP contribution in [0, 0.1) is 0 Å². The van der Waals surface area contributed by atoms with E-state index in [2.05, 4.69) is 14.4 Å². The predicted octanol–water partition coefficient (Wildman–Crippen LogP) is 0.347. The third-order valence-electron chi connectivity index (χ3n) is 0.953. The number of alkyl halides is 3.